The van der Waals surface area contributed by atoms with Crippen LogP contribution in [0.4, 0.5) is 0 Å². The summed E-state index contributed by atoms with van der Waals surface area (Å²) in [6, 6.07) is 7.09. The summed E-state index contributed by atoms with van der Waals surface area (Å²) in [5, 5.41) is 9.46. The van der Waals surface area contributed by atoms with E-state index >= 15 is 0 Å². The van der Waals surface area contributed by atoms with Crippen LogP contribution >= 0.6 is 11.6 Å². The summed E-state index contributed by atoms with van der Waals surface area (Å²) in [5.41, 5.74) is 12.1. The zero-order chi connectivity index (χ0) is 13.3. The van der Waals surface area contributed by atoms with Gasteiger partial charge >= 0.3 is 0 Å². The summed E-state index contributed by atoms with van der Waals surface area (Å²) in [6.45, 7) is 1.86. The molecule has 1 aromatic carbocycles. The highest BCUT2D eigenvalue weighted by molar-refractivity contribution is 6.31. The van der Waals surface area contributed by atoms with E-state index in [1.807, 2.05) is 6.92 Å². The Bertz CT molecular complexity index is 587. The van der Waals surface area contributed by atoms with Crippen LogP contribution < -0.4 is 11.5 Å². The Hall–Kier alpha value is -1.90. The van der Waals surface area contributed by atoms with Crippen LogP contribution in [0.2, 0.25) is 5.02 Å². The van der Waals surface area contributed by atoms with Gasteiger partial charge in [0.05, 0.1) is 17.0 Å². The maximum absolute atomic E-state index is 8.94. The van der Waals surface area contributed by atoms with E-state index in [1.165, 1.54) is 0 Å². The third-order valence-electron chi connectivity index (χ3n) is 3.03. The third kappa shape index (κ3) is 1.96. The minimum absolute atomic E-state index is 0.146. The van der Waals surface area contributed by atoms with Gasteiger partial charge in [0.25, 0.3) is 0 Å². The van der Waals surface area contributed by atoms with Crippen molar-refractivity contribution in [3.8, 4) is 6.07 Å². The molecule has 0 amide bonds. The second kappa shape index (κ2) is 4.41. The van der Waals surface area contributed by atoms with Crippen LogP contribution in [0.1, 0.15) is 18.1 Å². The van der Waals surface area contributed by atoms with Gasteiger partial charge in [-0.15, -0.1) is 0 Å². The lowest BCUT2D eigenvalue weighted by molar-refractivity contribution is 0.505. The molecule has 0 fully saturated rings. The van der Waals surface area contributed by atoms with Crippen molar-refractivity contribution in [2.24, 2.45) is 21.5 Å². The van der Waals surface area contributed by atoms with E-state index in [1.54, 1.807) is 24.4 Å². The van der Waals surface area contributed by atoms with Gasteiger partial charge in [-0.2, -0.15) is 5.26 Å². The Kier molecular flexibility index (Phi) is 3.07. The Morgan fingerprint density at radius 1 is 1.50 bits per heavy atom. The standard InChI is InChI=1S/C12H12ClN5/c1-12(6-17-11(16)18-10(12)15)8-4-7(5-14)2-3-9(8)13/h2-4,6,10H,15H2,1H3,(H2,16,18). The van der Waals surface area contributed by atoms with Crippen LogP contribution in [0.3, 0.4) is 0 Å². The lowest BCUT2D eigenvalue weighted by Gasteiger charge is -2.32. The number of nitrogens with two attached hydrogens (primary N) is 2. The van der Waals surface area contributed by atoms with Crippen LogP contribution in [0.5, 0.6) is 0 Å². The monoisotopic (exact) mass is 261 g/mol. The summed E-state index contributed by atoms with van der Waals surface area (Å²) < 4.78 is 0. The number of rotatable bonds is 1. The van der Waals surface area contributed by atoms with Crippen LogP contribution in [-0.4, -0.2) is 18.3 Å². The van der Waals surface area contributed by atoms with Gasteiger partial charge in [0.15, 0.2) is 0 Å². The fourth-order valence-electron chi connectivity index (χ4n) is 1.82. The number of nitriles is 1. The summed E-state index contributed by atoms with van der Waals surface area (Å²) in [6.07, 6.45) is 1.05. The summed E-state index contributed by atoms with van der Waals surface area (Å²) in [5.74, 6) is 0.146. The zero-order valence-corrected chi connectivity index (χ0v) is 10.5. The van der Waals surface area contributed by atoms with Crippen molar-refractivity contribution in [3.63, 3.8) is 0 Å². The van der Waals surface area contributed by atoms with Crippen molar-refractivity contribution in [2.45, 2.75) is 18.5 Å². The first kappa shape index (κ1) is 12.6. The molecule has 2 unspecified atom stereocenters. The Labute approximate surface area is 110 Å². The van der Waals surface area contributed by atoms with Crippen molar-refractivity contribution < 1.29 is 0 Å². The molecule has 0 bridgehead atoms. The molecular weight excluding hydrogens is 250 g/mol. The summed E-state index contributed by atoms with van der Waals surface area (Å²) in [7, 11) is 0. The maximum atomic E-state index is 8.94. The fourth-order valence-corrected chi connectivity index (χ4v) is 2.14. The first-order valence-electron chi connectivity index (χ1n) is 5.31. The molecule has 1 aliphatic heterocycles. The topological polar surface area (TPSA) is 101 Å². The smallest absolute Gasteiger partial charge is 0.216 e. The number of benzene rings is 1. The number of nitrogens with zero attached hydrogens (tertiary/aromatic N) is 3. The van der Waals surface area contributed by atoms with E-state index in [2.05, 4.69) is 16.1 Å². The second-order valence-corrected chi connectivity index (χ2v) is 4.69. The minimum atomic E-state index is -0.674. The van der Waals surface area contributed by atoms with Gasteiger partial charge in [0.2, 0.25) is 5.96 Å². The predicted molar refractivity (Wildman–Crippen MR) is 71.6 cm³/mol. The third-order valence-corrected chi connectivity index (χ3v) is 3.36. The molecule has 5 nitrogen and oxygen atoms in total. The van der Waals surface area contributed by atoms with E-state index < -0.39 is 11.6 Å². The molecule has 0 saturated heterocycles. The highest BCUT2D eigenvalue weighted by atomic mass is 35.5. The molecule has 1 aromatic rings. The minimum Gasteiger partial charge on any atom is -0.368 e. The Morgan fingerprint density at radius 2 is 2.22 bits per heavy atom. The number of hydrogen-bond donors (Lipinski definition) is 2. The van der Waals surface area contributed by atoms with E-state index in [0.717, 1.165) is 5.56 Å². The molecular formula is C12H12ClN5. The average molecular weight is 262 g/mol. The predicted octanol–water partition coefficient (Wildman–Crippen LogP) is 1.15. The van der Waals surface area contributed by atoms with Crippen molar-refractivity contribution in [1.29, 1.82) is 5.26 Å². The van der Waals surface area contributed by atoms with Crippen LogP contribution in [0.25, 0.3) is 0 Å². The number of guanidine groups is 1. The van der Waals surface area contributed by atoms with Gasteiger partial charge in [0.1, 0.15) is 6.17 Å². The summed E-state index contributed by atoms with van der Waals surface area (Å²) >= 11 is 6.17. The molecule has 4 N–H and O–H groups in total. The quantitative estimate of drug-likeness (QED) is 0.793. The van der Waals surface area contributed by atoms with Crippen LogP contribution in [0, 0.1) is 11.3 Å². The molecule has 1 heterocycles. The van der Waals surface area contributed by atoms with Gasteiger partial charge in [-0.1, -0.05) is 11.6 Å². The molecule has 92 valence electrons. The van der Waals surface area contributed by atoms with Crippen molar-refractivity contribution in [2.75, 3.05) is 0 Å². The first-order chi connectivity index (χ1) is 8.47. The Morgan fingerprint density at radius 3 is 2.83 bits per heavy atom. The highest BCUT2D eigenvalue weighted by Crippen LogP contribution is 2.33. The van der Waals surface area contributed by atoms with Crippen molar-refractivity contribution in [1.82, 2.24) is 0 Å². The molecule has 1 aliphatic rings. The fraction of sp³-hybridized carbons (Fsp3) is 0.250. The molecule has 0 aromatic heterocycles. The van der Waals surface area contributed by atoms with Gasteiger partial charge < -0.3 is 11.5 Å². The lowest BCUT2D eigenvalue weighted by atomic mass is 9.80. The molecule has 0 spiro atoms. The number of hydrogen-bond acceptors (Lipinski definition) is 5. The van der Waals surface area contributed by atoms with Crippen LogP contribution in [0.15, 0.2) is 28.2 Å². The average Bonchev–Trinajstić information content (AvgIpc) is 2.35. The van der Waals surface area contributed by atoms with Crippen molar-refractivity contribution >= 4 is 23.8 Å². The van der Waals surface area contributed by atoms with Gasteiger partial charge in [-0.3, -0.25) is 0 Å². The zero-order valence-electron chi connectivity index (χ0n) is 9.76. The van der Waals surface area contributed by atoms with E-state index in [4.69, 9.17) is 28.3 Å². The molecule has 0 radical (unpaired) electrons. The molecule has 2 rings (SSSR count). The lowest BCUT2D eigenvalue weighted by Crippen LogP contribution is -2.47. The first-order valence-corrected chi connectivity index (χ1v) is 5.69. The largest absolute Gasteiger partial charge is 0.368 e. The normalized spacial score (nSPS) is 26.6. The molecule has 2 atom stereocenters. The Balaban J connectivity index is 2.55. The highest BCUT2D eigenvalue weighted by Gasteiger charge is 2.36. The maximum Gasteiger partial charge on any atom is 0.216 e. The number of halogens is 1. The van der Waals surface area contributed by atoms with E-state index in [9.17, 15) is 0 Å². The molecule has 0 saturated carbocycles. The van der Waals surface area contributed by atoms with Crippen LogP contribution in [-0.2, 0) is 5.41 Å². The molecule has 18 heavy (non-hydrogen) atoms. The van der Waals surface area contributed by atoms with E-state index in [-0.39, 0.29) is 5.96 Å². The van der Waals surface area contributed by atoms with Gasteiger partial charge in [-0.05, 0) is 30.7 Å². The molecule has 0 aliphatic carbocycles. The second-order valence-electron chi connectivity index (χ2n) is 4.28. The van der Waals surface area contributed by atoms with E-state index in [0.29, 0.717) is 10.6 Å². The molecule has 6 heteroatoms. The number of aliphatic imine (C=N–C) groups is 2. The van der Waals surface area contributed by atoms with Gasteiger partial charge in [0, 0.05) is 11.2 Å². The summed E-state index contributed by atoms with van der Waals surface area (Å²) in [4.78, 5) is 8.03. The van der Waals surface area contributed by atoms with Gasteiger partial charge in [-0.25, -0.2) is 9.98 Å². The SMILES string of the molecule is CC1(c2cc(C#N)ccc2Cl)C=NC(N)=NC1N. The van der Waals surface area contributed by atoms with Crippen molar-refractivity contribution in [3.05, 3.63) is 34.3 Å².